The maximum absolute atomic E-state index is 5.99. The maximum atomic E-state index is 5.99. The lowest BCUT2D eigenvalue weighted by molar-refractivity contribution is 0.632. The molecule has 2 aromatic carbocycles. The van der Waals surface area contributed by atoms with Gasteiger partial charge in [-0.3, -0.25) is 0 Å². The Balaban J connectivity index is 2.25. The number of hydrogen-bond donors (Lipinski definition) is 1. The molecule has 0 saturated carbocycles. The summed E-state index contributed by atoms with van der Waals surface area (Å²) in [6.07, 6.45) is 0. The molecule has 96 valence electrons. The molecular formula is C16H14BrNO. The summed E-state index contributed by atoms with van der Waals surface area (Å²) < 4.78 is 7.06. The van der Waals surface area contributed by atoms with Gasteiger partial charge in [-0.25, -0.2) is 0 Å². The number of nitrogens with one attached hydrogen (secondary N) is 1. The van der Waals surface area contributed by atoms with Crippen LogP contribution in [0.15, 0.2) is 51.4 Å². The quantitative estimate of drug-likeness (QED) is 0.702. The summed E-state index contributed by atoms with van der Waals surface area (Å²) in [6, 6.07) is 14.4. The van der Waals surface area contributed by atoms with Gasteiger partial charge in [0.1, 0.15) is 5.58 Å². The lowest BCUT2D eigenvalue weighted by atomic mass is 10.1. The largest absolute Gasteiger partial charge is 0.454 e. The molecule has 0 bridgehead atoms. The normalized spacial score (nSPS) is 10.9. The summed E-state index contributed by atoms with van der Waals surface area (Å²) in [7, 11) is 1.93. The number of benzene rings is 2. The highest BCUT2D eigenvalue weighted by molar-refractivity contribution is 9.10. The van der Waals surface area contributed by atoms with Crippen molar-refractivity contribution < 1.29 is 4.42 Å². The van der Waals surface area contributed by atoms with Crippen molar-refractivity contribution >= 4 is 32.6 Å². The standard InChI is InChI=1S/C16H14BrNO/c1-10-3-8-14-13(9-10)15(18-2)16(19-14)11-4-6-12(17)7-5-11/h3-9,18H,1-2H3. The molecule has 0 amide bonds. The molecule has 3 aromatic rings. The lowest BCUT2D eigenvalue weighted by Crippen LogP contribution is -1.88. The van der Waals surface area contributed by atoms with Gasteiger partial charge in [-0.1, -0.05) is 39.7 Å². The van der Waals surface area contributed by atoms with Crippen LogP contribution in [0.25, 0.3) is 22.3 Å². The van der Waals surface area contributed by atoms with E-state index >= 15 is 0 Å². The van der Waals surface area contributed by atoms with E-state index in [1.165, 1.54) is 5.56 Å². The molecule has 0 atom stereocenters. The molecule has 0 fully saturated rings. The molecule has 3 rings (SSSR count). The summed E-state index contributed by atoms with van der Waals surface area (Å²) in [5.74, 6) is 0.885. The van der Waals surface area contributed by atoms with Crippen molar-refractivity contribution in [1.82, 2.24) is 0 Å². The smallest absolute Gasteiger partial charge is 0.158 e. The molecule has 0 aliphatic heterocycles. The van der Waals surface area contributed by atoms with Crippen LogP contribution in [0.3, 0.4) is 0 Å². The zero-order chi connectivity index (χ0) is 13.4. The maximum Gasteiger partial charge on any atom is 0.158 e. The first-order valence-corrected chi connectivity index (χ1v) is 6.95. The fraction of sp³-hybridized carbons (Fsp3) is 0.125. The topological polar surface area (TPSA) is 25.2 Å². The number of rotatable bonds is 2. The molecule has 0 spiro atoms. The first-order chi connectivity index (χ1) is 9.19. The predicted octanol–water partition coefficient (Wildman–Crippen LogP) is 5.21. The van der Waals surface area contributed by atoms with Gasteiger partial charge in [-0.05, 0) is 31.2 Å². The molecule has 2 nitrogen and oxygen atoms in total. The van der Waals surface area contributed by atoms with Gasteiger partial charge in [0.15, 0.2) is 5.76 Å². The third-order valence-corrected chi connectivity index (χ3v) is 3.73. The number of anilines is 1. The van der Waals surface area contributed by atoms with Crippen LogP contribution in [-0.4, -0.2) is 7.05 Å². The van der Waals surface area contributed by atoms with Crippen molar-refractivity contribution in [1.29, 1.82) is 0 Å². The third kappa shape index (κ3) is 2.15. The highest BCUT2D eigenvalue weighted by Crippen LogP contribution is 2.38. The summed E-state index contributed by atoms with van der Waals surface area (Å²) in [5.41, 5.74) is 4.25. The molecule has 3 heteroatoms. The van der Waals surface area contributed by atoms with Crippen LogP contribution in [0.1, 0.15) is 5.56 Å². The minimum absolute atomic E-state index is 0.885. The minimum atomic E-state index is 0.885. The number of furan rings is 1. The van der Waals surface area contributed by atoms with Gasteiger partial charge in [0, 0.05) is 22.5 Å². The minimum Gasteiger partial charge on any atom is -0.454 e. The molecule has 19 heavy (non-hydrogen) atoms. The van der Waals surface area contributed by atoms with Crippen molar-refractivity contribution in [2.45, 2.75) is 6.92 Å². The Morgan fingerprint density at radius 2 is 1.79 bits per heavy atom. The van der Waals surface area contributed by atoms with Crippen molar-refractivity contribution in [3.05, 3.63) is 52.5 Å². The van der Waals surface area contributed by atoms with Gasteiger partial charge in [0.2, 0.25) is 0 Å². The Labute approximate surface area is 120 Å². The van der Waals surface area contributed by atoms with E-state index in [4.69, 9.17) is 4.42 Å². The summed E-state index contributed by atoms with van der Waals surface area (Å²) in [6.45, 7) is 2.09. The van der Waals surface area contributed by atoms with Gasteiger partial charge >= 0.3 is 0 Å². The Bertz CT molecular complexity index is 728. The fourth-order valence-corrected chi connectivity index (χ4v) is 2.53. The van der Waals surface area contributed by atoms with Crippen LogP contribution in [0.4, 0.5) is 5.69 Å². The lowest BCUT2D eigenvalue weighted by Gasteiger charge is -2.02. The van der Waals surface area contributed by atoms with Crippen molar-refractivity contribution in [3.8, 4) is 11.3 Å². The zero-order valence-electron chi connectivity index (χ0n) is 10.8. The first kappa shape index (κ1) is 12.3. The first-order valence-electron chi connectivity index (χ1n) is 6.16. The van der Waals surface area contributed by atoms with Crippen LogP contribution in [-0.2, 0) is 0 Å². The Kier molecular flexibility index (Phi) is 3.07. The molecular weight excluding hydrogens is 302 g/mol. The van der Waals surface area contributed by atoms with Gasteiger partial charge in [0.25, 0.3) is 0 Å². The Morgan fingerprint density at radius 1 is 1.05 bits per heavy atom. The van der Waals surface area contributed by atoms with Crippen LogP contribution in [0.5, 0.6) is 0 Å². The van der Waals surface area contributed by atoms with E-state index in [9.17, 15) is 0 Å². The number of hydrogen-bond acceptors (Lipinski definition) is 2. The van der Waals surface area contributed by atoms with E-state index in [-0.39, 0.29) is 0 Å². The molecule has 0 unspecified atom stereocenters. The number of fused-ring (bicyclic) bond motifs is 1. The number of aryl methyl sites for hydroxylation is 1. The number of halogens is 1. The molecule has 1 aromatic heterocycles. The third-order valence-electron chi connectivity index (χ3n) is 3.20. The average molecular weight is 316 g/mol. The SMILES string of the molecule is CNc1c(-c2ccc(Br)cc2)oc2ccc(C)cc12. The van der Waals surface area contributed by atoms with Gasteiger partial charge in [0.05, 0.1) is 5.69 Å². The van der Waals surface area contributed by atoms with Crippen molar-refractivity contribution in [3.63, 3.8) is 0 Å². The van der Waals surface area contributed by atoms with Gasteiger partial charge < -0.3 is 9.73 Å². The van der Waals surface area contributed by atoms with E-state index < -0.39 is 0 Å². The van der Waals surface area contributed by atoms with E-state index in [0.717, 1.165) is 32.5 Å². The molecule has 0 aliphatic carbocycles. The van der Waals surface area contributed by atoms with Gasteiger partial charge in [-0.2, -0.15) is 0 Å². The van der Waals surface area contributed by atoms with E-state index in [1.54, 1.807) is 0 Å². The summed E-state index contributed by atoms with van der Waals surface area (Å²) in [4.78, 5) is 0. The zero-order valence-corrected chi connectivity index (χ0v) is 12.4. The molecule has 0 saturated heterocycles. The molecule has 0 radical (unpaired) electrons. The van der Waals surface area contributed by atoms with Crippen molar-refractivity contribution in [2.75, 3.05) is 12.4 Å². The van der Waals surface area contributed by atoms with E-state index in [0.29, 0.717) is 0 Å². The van der Waals surface area contributed by atoms with Crippen LogP contribution in [0.2, 0.25) is 0 Å². The molecule has 0 aliphatic rings. The molecule has 1 heterocycles. The monoisotopic (exact) mass is 315 g/mol. The predicted molar refractivity (Wildman–Crippen MR) is 83.6 cm³/mol. The van der Waals surface area contributed by atoms with Crippen LogP contribution >= 0.6 is 15.9 Å². The Hall–Kier alpha value is -1.74. The van der Waals surface area contributed by atoms with Crippen molar-refractivity contribution in [2.24, 2.45) is 0 Å². The average Bonchev–Trinajstić information content (AvgIpc) is 2.77. The van der Waals surface area contributed by atoms with Crippen LogP contribution < -0.4 is 5.32 Å². The fourth-order valence-electron chi connectivity index (χ4n) is 2.26. The van der Waals surface area contributed by atoms with Gasteiger partial charge in [-0.15, -0.1) is 0 Å². The molecule has 1 N–H and O–H groups in total. The second-order valence-electron chi connectivity index (χ2n) is 4.56. The summed E-state index contributed by atoms with van der Waals surface area (Å²) >= 11 is 3.45. The highest BCUT2D eigenvalue weighted by atomic mass is 79.9. The van der Waals surface area contributed by atoms with E-state index in [1.807, 2.05) is 25.2 Å². The van der Waals surface area contributed by atoms with E-state index in [2.05, 4.69) is 52.4 Å². The second kappa shape index (κ2) is 4.74. The Morgan fingerprint density at radius 3 is 2.47 bits per heavy atom. The highest BCUT2D eigenvalue weighted by Gasteiger charge is 2.14. The summed E-state index contributed by atoms with van der Waals surface area (Å²) in [5, 5.41) is 4.38. The van der Waals surface area contributed by atoms with Crippen LogP contribution in [0, 0.1) is 6.92 Å². The second-order valence-corrected chi connectivity index (χ2v) is 5.48.